The van der Waals surface area contributed by atoms with Gasteiger partial charge < -0.3 is 33.0 Å². The highest BCUT2D eigenvalue weighted by molar-refractivity contribution is 5.96. The largest absolute Gasteiger partial charge is 0.491 e. The van der Waals surface area contributed by atoms with Gasteiger partial charge in [-0.15, -0.1) is 0 Å². The van der Waals surface area contributed by atoms with Crippen molar-refractivity contribution in [2.45, 2.75) is 84.0 Å². The number of rotatable bonds is 10. The first-order valence-electron chi connectivity index (χ1n) is 16.9. The fraction of sp³-hybridized carbons (Fsp3) is 0.410. The van der Waals surface area contributed by atoms with E-state index in [0.717, 1.165) is 108 Å². The third kappa shape index (κ3) is 7.34. The zero-order valence-corrected chi connectivity index (χ0v) is 27.5. The molecule has 0 radical (unpaired) electrons. The number of allylic oxidation sites excluding steroid dienone is 1. The van der Waals surface area contributed by atoms with Crippen LogP contribution in [0.25, 0.3) is 11.1 Å². The highest BCUT2D eigenvalue weighted by Gasteiger charge is 2.30. The summed E-state index contributed by atoms with van der Waals surface area (Å²) in [5.74, 6) is 3.20. The van der Waals surface area contributed by atoms with E-state index >= 15 is 0 Å². The molecule has 0 aliphatic carbocycles. The van der Waals surface area contributed by atoms with Crippen molar-refractivity contribution in [2.75, 3.05) is 19.8 Å². The highest BCUT2D eigenvalue weighted by atomic mass is 16.7. The van der Waals surface area contributed by atoms with E-state index in [4.69, 9.17) is 28.4 Å². The fourth-order valence-corrected chi connectivity index (χ4v) is 6.48. The minimum atomic E-state index is -0.334. The Morgan fingerprint density at radius 3 is 2.19 bits per heavy atom. The lowest BCUT2D eigenvalue weighted by Gasteiger charge is -2.32. The van der Waals surface area contributed by atoms with Gasteiger partial charge in [0, 0.05) is 30.2 Å². The molecule has 0 N–H and O–H groups in total. The van der Waals surface area contributed by atoms with E-state index in [9.17, 15) is 0 Å². The molecule has 0 amide bonds. The van der Waals surface area contributed by atoms with Crippen molar-refractivity contribution >= 4 is 11.1 Å². The Kier molecular flexibility index (Phi) is 9.49. The number of nitrogens with zero attached hydrogens (tertiary/aromatic N) is 2. The first kappa shape index (κ1) is 31.3. The van der Waals surface area contributed by atoms with Crippen LogP contribution in [0.3, 0.4) is 0 Å². The second-order valence-corrected chi connectivity index (χ2v) is 12.7. The number of aromatic nitrogens is 2. The summed E-state index contributed by atoms with van der Waals surface area (Å²) in [5, 5.41) is 0. The zero-order chi connectivity index (χ0) is 32.2. The molecule has 3 aromatic carbocycles. The quantitative estimate of drug-likeness (QED) is 0.172. The lowest BCUT2D eigenvalue weighted by molar-refractivity contribution is -0.106. The summed E-state index contributed by atoms with van der Waals surface area (Å²) in [6.45, 7) is 8.30. The predicted molar refractivity (Wildman–Crippen MR) is 181 cm³/mol. The molecule has 7 rings (SSSR count). The molecule has 47 heavy (non-hydrogen) atoms. The van der Waals surface area contributed by atoms with Crippen molar-refractivity contribution in [1.29, 1.82) is 0 Å². The summed E-state index contributed by atoms with van der Waals surface area (Å²) in [4.78, 5) is 4.34. The Labute approximate surface area is 277 Å². The number of hydrogen-bond donors (Lipinski definition) is 0. The third-order valence-electron chi connectivity index (χ3n) is 9.14. The minimum absolute atomic E-state index is 0.165. The van der Waals surface area contributed by atoms with E-state index in [0.29, 0.717) is 6.61 Å². The molecule has 8 heteroatoms. The van der Waals surface area contributed by atoms with E-state index in [1.54, 1.807) is 0 Å². The first-order chi connectivity index (χ1) is 23.0. The van der Waals surface area contributed by atoms with E-state index in [-0.39, 0.29) is 24.7 Å². The van der Waals surface area contributed by atoms with Crippen molar-refractivity contribution in [3.63, 3.8) is 0 Å². The zero-order valence-electron chi connectivity index (χ0n) is 27.5. The van der Waals surface area contributed by atoms with Gasteiger partial charge >= 0.3 is 0 Å². The SMILES string of the molecule is CC1=C(c2cccc(OC3CCCCO3)c2)C(c2ccc(OC[C@H](C)n3cnc(C)c3)cc2)Oc2ccc(OC3CCCCO3)cc21. The Morgan fingerprint density at radius 2 is 1.53 bits per heavy atom. The summed E-state index contributed by atoms with van der Waals surface area (Å²) in [7, 11) is 0. The van der Waals surface area contributed by atoms with Crippen LogP contribution >= 0.6 is 0 Å². The maximum atomic E-state index is 6.83. The van der Waals surface area contributed by atoms with E-state index in [1.807, 2.05) is 55.8 Å². The number of imidazole rings is 1. The number of aryl methyl sites for hydroxylation is 1. The summed E-state index contributed by atoms with van der Waals surface area (Å²) in [6, 6.07) is 22.7. The minimum Gasteiger partial charge on any atom is -0.491 e. The number of hydrogen-bond acceptors (Lipinski definition) is 7. The molecule has 3 aliphatic rings. The molecule has 2 saturated heterocycles. The molecule has 8 nitrogen and oxygen atoms in total. The highest BCUT2D eigenvalue weighted by Crippen LogP contribution is 2.48. The van der Waals surface area contributed by atoms with Crippen molar-refractivity contribution in [2.24, 2.45) is 0 Å². The second kappa shape index (κ2) is 14.2. The molecule has 0 spiro atoms. The van der Waals surface area contributed by atoms with Crippen molar-refractivity contribution in [3.05, 3.63) is 102 Å². The van der Waals surface area contributed by atoms with Gasteiger partial charge in [0.05, 0.1) is 31.3 Å². The Morgan fingerprint density at radius 1 is 0.830 bits per heavy atom. The maximum Gasteiger partial charge on any atom is 0.199 e. The van der Waals surface area contributed by atoms with Crippen LogP contribution in [0.2, 0.25) is 0 Å². The van der Waals surface area contributed by atoms with Crippen molar-refractivity contribution in [1.82, 2.24) is 9.55 Å². The Hall–Kier alpha value is -4.27. The monoisotopic (exact) mass is 636 g/mol. The maximum absolute atomic E-state index is 6.83. The molecule has 0 bridgehead atoms. The number of ether oxygens (including phenoxy) is 6. The molecule has 4 aromatic rings. The average molecular weight is 637 g/mol. The predicted octanol–water partition coefficient (Wildman–Crippen LogP) is 8.71. The van der Waals surface area contributed by atoms with Gasteiger partial charge in [-0.1, -0.05) is 24.3 Å². The summed E-state index contributed by atoms with van der Waals surface area (Å²) in [5.41, 5.74) is 6.29. The van der Waals surface area contributed by atoms with Crippen LogP contribution in [0.1, 0.15) is 86.9 Å². The molecule has 246 valence electrons. The summed E-state index contributed by atoms with van der Waals surface area (Å²) in [6.07, 6.45) is 9.29. The van der Waals surface area contributed by atoms with Crippen molar-refractivity contribution in [3.8, 4) is 23.0 Å². The molecular weight excluding hydrogens is 592 g/mol. The van der Waals surface area contributed by atoms with Gasteiger partial charge in [-0.2, -0.15) is 0 Å². The normalized spacial score (nSPS) is 21.8. The first-order valence-corrected chi connectivity index (χ1v) is 16.9. The molecule has 0 saturated carbocycles. The van der Waals surface area contributed by atoms with Gasteiger partial charge in [-0.3, -0.25) is 0 Å². The van der Waals surface area contributed by atoms with Crippen LogP contribution in [-0.2, 0) is 9.47 Å². The second-order valence-electron chi connectivity index (χ2n) is 12.7. The standard InChI is InChI=1S/C39H44N2O6/c1-26-23-41(25-40-26)27(2)24-44-31-15-13-29(14-16-31)39-38(30-9-8-10-32(21-30)45-36-11-4-6-19-42-36)28(3)34-22-33(17-18-35(34)47-39)46-37-12-5-7-20-43-37/h8-10,13-18,21-23,25,27,36-37,39H,4-7,11-12,19-20,24H2,1-3H3/t27-,36?,37?,39?/m0/s1. The molecule has 3 aliphatic heterocycles. The van der Waals surface area contributed by atoms with E-state index < -0.39 is 0 Å². The topological polar surface area (TPSA) is 73.2 Å². The molecule has 3 unspecified atom stereocenters. The summed E-state index contributed by atoms with van der Waals surface area (Å²) < 4.78 is 39.3. The Balaban J connectivity index is 1.17. The van der Waals surface area contributed by atoms with Gasteiger partial charge in [0.25, 0.3) is 0 Å². The lowest BCUT2D eigenvalue weighted by Crippen LogP contribution is -2.25. The summed E-state index contributed by atoms with van der Waals surface area (Å²) >= 11 is 0. The van der Waals surface area contributed by atoms with E-state index in [2.05, 4.69) is 53.7 Å². The van der Waals surface area contributed by atoms with Crippen molar-refractivity contribution < 1.29 is 28.4 Å². The molecule has 2 fully saturated rings. The third-order valence-corrected chi connectivity index (χ3v) is 9.14. The average Bonchev–Trinajstić information content (AvgIpc) is 3.55. The molecule has 1 aromatic heterocycles. The van der Waals surface area contributed by atoms with Crippen LogP contribution in [-0.4, -0.2) is 42.0 Å². The van der Waals surface area contributed by atoms with Gasteiger partial charge in [-0.25, -0.2) is 4.98 Å². The molecule has 4 atom stereocenters. The fourth-order valence-electron chi connectivity index (χ4n) is 6.48. The Bertz CT molecular complexity index is 1680. The lowest BCUT2D eigenvalue weighted by atomic mass is 9.86. The molecular formula is C39H44N2O6. The smallest absolute Gasteiger partial charge is 0.199 e. The van der Waals surface area contributed by atoms with Gasteiger partial charge in [-0.05, 0) is 106 Å². The van der Waals surface area contributed by atoms with Crippen LogP contribution in [0.15, 0.2) is 79.3 Å². The van der Waals surface area contributed by atoms with Gasteiger partial charge in [0.2, 0.25) is 0 Å². The van der Waals surface area contributed by atoms with Gasteiger partial charge in [0.15, 0.2) is 12.6 Å². The van der Waals surface area contributed by atoms with Crippen LogP contribution in [0.4, 0.5) is 0 Å². The van der Waals surface area contributed by atoms with Gasteiger partial charge in [0.1, 0.15) is 35.7 Å². The van der Waals surface area contributed by atoms with Crippen LogP contribution in [0, 0.1) is 6.92 Å². The number of fused-ring (bicyclic) bond motifs is 1. The van der Waals surface area contributed by atoms with Crippen LogP contribution < -0.4 is 18.9 Å². The van der Waals surface area contributed by atoms with E-state index in [1.165, 1.54) is 0 Å². The molecule has 4 heterocycles. The van der Waals surface area contributed by atoms with Crippen LogP contribution in [0.5, 0.6) is 23.0 Å². The number of benzene rings is 3.